The molecule has 1 fully saturated rings. The number of nitrogens with zero attached hydrogens (tertiary/aromatic N) is 1. The molecule has 0 radical (unpaired) electrons. The Kier molecular flexibility index (Phi) is 9.34. The molecule has 2 aromatic carbocycles. The summed E-state index contributed by atoms with van der Waals surface area (Å²) in [6.07, 6.45) is 1.74. The van der Waals surface area contributed by atoms with Crippen LogP contribution in [0.15, 0.2) is 54.6 Å². The molecule has 0 unspecified atom stereocenters. The second kappa shape index (κ2) is 12.4. The molecule has 0 bridgehead atoms. The van der Waals surface area contributed by atoms with E-state index < -0.39 is 6.10 Å². The third-order valence-electron chi connectivity index (χ3n) is 5.75. The summed E-state index contributed by atoms with van der Waals surface area (Å²) in [6.45, 7) is 5.00. The lowest BCUT2D eigenvalue weighted by Crippen LogP contribution is -2.38. The molecule has 2 atom stereocenters. The van der Waals surface area contributed by atoms with Gasteiger partial charge in [0.2, 0.25) is 5.91 Å². The van der Waals surface area contributed by atoms with Crippen LogP contribution < -0.4 is 10.5 Å². The maximum Gasteiger partial charge on any atom is 0.220 e. The van der Waals surface area contributed by atoms with Crippen molar-refractivity contribution in [2.24, 2.45) is 11.7 Å². The summed E-state index contributed by atoms with van der Waals surface area (Å²) >= 11 is 0. The van der Waals surface area contributed by atoms with Crippen molar-refractivity contribution in [3.63, 3.8) is 0 Å². The number of hydrogen-bond acceptors (Lipinski definition) is 5. The Balaban J connectivity index is 1.42. The number of primary amides is 1. The van der Waals surface area contributed by atoms with E-state index in [1.807, 2.05) is 54.6 Å². The van der Waals surface area contributed by atoms with Crippen molar-refractivity contribution < 1.29 is 19.4 Å². The smallest absolute Gasteiger partial charge is 0.220 e. The molecular weight excluding hydrogens is 392 g/mol. The predicted octanol–water partition coefficient (Wildman–Crippen LogP) is 2.43. The molecule has 0 spiro atoms. The summed E-state index contributed by atoms with van der Waals surface area (Å²) in [4.78, 5) is 14.3. The van der Waals surface area contributed by atoms with E-state index in [0.29, 0.717) is 25.9 Å². The van der Waals surface area contributed by atoms with Crippen LogP contribution in [0.1, 0.15) is 24.0 Å². The number of carbonyl (C=O) groups excluding carboxylic acids is 1. The van der Waals surface area contributed by atoms with E-state index in [2.05, 4.69) is 4.90 Å². The molecule has 1 aliphatic heterocycles. The van der Waals surface area contributed by atoms with Gasteiger partial charge in [0.1, 0.15) is 12.4 Å². The Hall–Kier alpha value is -2.41. The van der Waals surface area contributed by atoms with E-state index in [1.165, 1.54) is 5.56 Å². The van der Waals surface area contributed by atoms with E-state index in [4.69, 9.17) is 15.2 Å². The molecule has 168 valence electrons. The molecule has 1 amide bonds. The number of aryl methyl sites for hydroxylation is 1. The number of rotatable bonds is 12. The zero-order valence-electron chi connectivity index (χ0n) is 18.1. The molecule has 1 aliphatic rings. The van der Waals surface area contributed by atoms with Crippen molar-refractivity contribution in [3.05, 3.63) is 65.7 Å². The van der Waals surface area contributed by atoms with E-state index in [-0.39, 0.29) is 11.8 Å². The first-order valence-electron chi connectivity index (χ1n) is 11.1. The highest BCUT2D eigenvalue weighted by Crippen LogP contribution is 2.20. The van der Waals surface area contributed by atoms with Gasteiger partial charge in [-0.1, -0.05) is 42.5 Å². The van der Waals surface area contributed by atoms with E-state index in [0.717, 1.165) is 50.6 Å². The topological polar surface area (TPSA) is 85.0 Å². The van der Waals surface area contributed by atoms with Crippen LogP contribution in [0, 0.1) is 5.92 Å². The Labute approximate surface area is 185 Å². The Morgan fingerprint density at radius 2 is 1.77 bits per heavy atom. The third-order valence-corrected chi connectivity index (χ3v) is 5.75. The fourth-order valence-corrected chi connectivity index (χ4v) is 3.85. The number of ether oxygens (including phenoxy) is 2. The minimum absolute atomic E-state index is 0.371. The normalized spacial score (nSPS) is 16.5. The zero-order chi connectivity index (χ0) is 21.9. The molecule has 3 N–H and O–H groups in total. The first-order valence-corrected chi connectivity index (χ1v) is 11.1. The molecular formula is C25H34N2O4. The van der Waals surface area contributed by atoms with Gasteiger partial charge in [-0.3, -0.25) is 9.69 Å². The van der Waals surface area contributed by atoms with Crippen molar-refractivity contribution in [1.82, 2.24) is 4.90 Å². The minimum Gasteiger partial charge on any atom is -0.492 e. The van der Waals surface area contributed by atoms with Gasteiger partial charge in [0.05, 0.1) is 19.3 Å². The van der Waals surface area contributed by atoms with Crippen molar-refractivity contribution >= 4 is 5.91 Å². The van der Waals surface area contributed by atoms with Gasteiger partial charge in [-0.2, -0.15) is 0 Å². The molecule has 31 heavy (non-hydrogen) atoms. The molecule has 6 nitrogen and oxygen atoms in total. The predicted molar refractivity (Wildman–Crippen MR) is 121 cm³/mol. The van der Waals surface area contributed by atoms with Crippen molar-refractivity contribution in [1.29, 1.82) is 0 Å². The summed E-state index contributed by atoms with van der Waals surface area (Å²) in [5.41, 5.74) is 7.81. The number of amides is 1. The largest absolute Gasteiger partial charge is 0.492 e. The van der Waals surface area contributed by atoms with E-state index in [9.17, 15) is 9.90 Å². The van der Waals surface area contributed by atoms with Crippen LogP contribution >= 0.6 is 0 Å². The molecule has 6 heteroatoms. The van der Waals surface area contributed by atoms with Crippen molar-refractivity contribution in [2.45, 2.75) is 31.8 Å². The third kappa shape index (κ3) is 8.32. The first-order chi connectivity index (χ1) is 15.1. The molecule has 2 aromatic rings. The first kappa shape index (κ1) is 23.3. The van der Waals surface area contributed by atoms with Gasteiger partial charge >= 0.3 is 0 Å². The average molecular weight is 427 g/mol. The number of carbonyl (C=O) groups is 1. The van der Waals surface area contributed by atoms with E-state index in [1.54, 1.807) is 0 Å². The number of aliphatic hydroxyl groups excluding tert-OH is 1. The van der Waals surface area contributed by atoms with Gasteiger partial charge in [-0.25, -0.2) is 0 Å². The van der Waals surface area contributed by atoms with Crippen LogP contribution in [0.4, 0.5) is 0 Å². The monoisotopic (exact) mass is 426 g/mol. The maximum absolute atomic E-state index is 11.9. The van der Waals surface area contributed by atoms with Crippen molar-refractivity contribution in [2.75, 3.05) is 39.5 Å². The van der Waals surface area contributed by atoms with Crippen LogP contribution in [0.3, 0.4) is 0 Å². The SMILES string of the molecule is NC(=O)[C@H](Cc1ccc(OCCN2CCOCC2)cc1)C[C@@H](O)CCc1ccccc1. The highest BCUT2D eigenvalue weighted by Gasteiger charge is 2.20. The summed E-state index contributed by atoms with van der Waals surface area (Å²) in [7, 11) is 0. The molecule has 0 saturated carbocycles. The highest BCUT2D eigenvalue weighted by molar-refractivity contribution is 5.77. The summed E-state index contributed by atoms with van der Waals surface area (Å²) in [5, 5.41) is 10.4. The molecule has 1 saturated heterocycles. The number of nitrogens with two attached hydrogens (primary N) is 1. The Bertz CT molecular complexity index is 776. The van der Waals surface area contributed by atoms with Crippen molar-refractivity contribution in [3.8, 4) is 5.75 Å². The molecule has 1 heterocycles. The second-order valence-corrected chi connectivity index (χ2v) is 8.16. The van der Waals surface area contributed by atoms with Crippen LogP contribution in [-0.2, 0) is 22.4 Å². The van der Waals surface area contributed by atoms with Crippen LogP contribution in [0.25, 0.3) is 0 Å². The van der Waals surface area contributed by atoms with Crippen LogP contribution in [0.5, 0.6) is 5.75 Å². The number of aliphatic hydroxyl groups is 1. The van der Waals surface area contributed by atoms with Gasteiger partial charge in [0.25, 0.3) is 0 Å². The number of hydrogen-bond donors (Lipinski definition) is 2. The Morgan fingerprint density at radius 1 is 1.06 bits per heavy atom. The van der Waals surface area contributed by atoms with Gasteiger partial charge < -0.3 is 20.3 Å². The van der Waals surface area contributed by atoms with Gasteiger partial charge in [0.15, 0.2) is 0 Å². The summed E-state index contributed by atoms with van der Waals surface area (Å²) < 4.78 is 11.2. The Morgan fingerprint density at radius 3 is 2.45 bits per heavy atom. The van der Waals surface area contributed by atoms with Crippen LogP contribution in [0.2, 0.25) is 0 Å². The lowest BCUT2D eigenvalue weighted by molar-refractivity contribution is -0.122. The minimum atomic E-state index is -0.555. The van der Waals surface area contributed by atoms with Gasteiger partial charge in [-0.05, 0) is 48.9 Å². The average Bonchev–Trinajstić information content (AvgIpc) is 2.80. The standard InChI is InChI=1S/C25H34N2O4/c26-25(29)22(19-23(28)9-6-20-4-2-1-3-5-20)18-21-7-10-24(11-8-21)31-17-14-27-12-15-30-16-13-27/h1-5,7-8,10-11,22-23,28H,6,9,12-19H2,(H2,26,29)/t22-,23+/m1/s1. The van der Waals surface area contributed by atoms with E-state index >= 15 is 0 Å². The lowest BCUT2D eigenvalue weighted by atomic mass is 9.91. The molecule has 0 aliphatic carbocycles. The van der Waals surface area contributed by atoms with Gasteiger partial charge in [0, 0.05) is 25.6 Å². The molecule has 0 aromatic heterocycles. The zero-order valence-corrected chi connectivity index (χ0v) is 18.1. The number of benzene rings is 2. The number of morpholine rings is 1. The fraction of sp³-hybridized carbons (Fsp3) is 0.480. The fourth-order valence-electron chi connectivity index (χ4n) is 3.85. The van der Waals surface area contributed by atoms with Crippen LogP contribution in [-0.4, -0.2) is 61.5 Å². The highest BCUT2D eigenvalue weighted by atomic mass is 16.5. The summed E-state index contributed by atoms with van der Waals surface area (Å²) in [5.74, 6) is 0.0546. The second-order valence-electron chi connectivity index (χ2n) is 8.16. The summed E-state index contributed by atoms with van der Waals surface area (Å²) in [6, 6.07) is 17.8. The maximum atomic E-state index is 11.9. The quantitative estimate of drug-likeness (QED) is 0.545. The molecule has 3 rings (SSSR count). The lowest BCUT2D eigenvalue weighted by Gasteiger charge is -2.26. The van der Waals surface area contributed by atoms with Gasteiger partial charge in [-0.15, -0.1) is 0 Å².